The van der Waals surface area contributed by atoms with Crippen molar-refractivity contribution in [2.75, 3.05) is 59.5 Å². The van der Waals surface area contributed by atoms with Crippen molar-refractivity contribution >= 4 is 29.6 Å². The fourth-order valence-electron chi connectivity index (χ4n) is 14.6. The summed E-state index contributed by atoms with van der Waals surface area (Å²) >= 11 is 0. The van der Waals surface area contributed by atoms with Crippen LogP contribution in [0.3, 0.4) is 0 Å². The molecule has 0 spiro atoms. The summed E-state index contributed by atoms with van der Waals surface area (Å²) in [7, 11) is 0. The molecular formula is C65H110N4O48. The Bertz CT molecular complexity index is 3140. The number of rotatable bonds is 35. The van der Waals surface area contributed by atoms with Crippen molar-refractivity contribution in [1.29, 1.82) is 0 Å². The van der Waals surface area contributed by atoms with Gasteiger partial charge in [0.25, 0.3) is 5.79 Å². The minimum atomic E-state index is -3.29. The molecule has 52 heteroatoms. The molecule has 8 aliphatic heterocycles. The second-order valence-corrected chi connectivity index (χ2v) is 29.4. The molecule has 52 nitrogen and oxygen atoms in total. The summed E-state index contributed by atoms with van der Waals surface area (Å²) < 4.78 is 93.5. The molecule has 31 N–H and O–H groups in total. The van der Waals surface area contributed by atoms with Gasteiger partial charge in [0.05, 0.1) is 83.8 Å². The predicted molar refractivity (Wildman–Crippen MR) is 361 cm³/mol. The van der Waals surface area contributed by atoms with Crippen LogP contribution in [0.15, 0.2) is 0 Å². The Hall–Kier alpha value is -4.33. The molecule has 0 unspecified atom stereocenters. The second kappa shape index (κ2) is 42.8. The number of hydrogen-bond donors (Lipinski definition) is 31. The van der Waals surface area contributed by atoms with Crippen LogP contribution in [-0.2, 0) is 99.8 Å². The van der Waals surface area contributed by atoms with E-state index >= 15 is 0 Å². The summed E-state index contributed by atoms with van der Waals surface area (Å²) in [5.41, 5.74) is 0. The van der Waals surface area contributed by atoms with E-state index in [0.29, 0.717) is 0 Å². The molecular weight excluding hydrogens is 1600 g/mol. The van der Waals surface area contributed by atoms with Crippen LogP contribution in [0.5, 0.6) is 0 Å². The van der Waals surface area contributed by atoms with Gasteiger partial charge in [0.15, 0.2) is 44.0 Å². The predicted octanol–water partition coefficient (Wildman–Crippen LogP) is -20.2. The number of amides is 4. The molecule has 0 aromatic rings. The summed E-state index contributed by atoms with van der Waals surface area (Å²) in [6.45, 7) is -5.38. The number of carbonyl (C=O) groups is 5. The molecule has 678 valence electrons. The van der Waals surface area contributed by atoms with Crippen molar-refractivity contribution in [2.45, 2.75) is 316 Å². The van der Waals surface area contributed by atoms with Gasteiger partial charge in [-0.1, -0.05) is 0 Å². The molecule has 8 heterocycles. The van der Waals surface area contributed by atoms with E-state index in [1.165, 1.54) is 6.92 Å². The van der Waals surface area contributed by atoms with E-state index in [2.05, 4.69) is 21.3 Å². The number of hydrogen-bond acceptors (Lipinski definition) is 47. The number of aliphatic hydroxyl groups excluding tert-OH is 26. The average molecular weight is 1720 g/mol. The minimum Gasteiger partial charge on any atom is -0.477 e. The van der Waals surface area contributed by atoms with Crippen molar-refractivity contribution < 1.29 is 238 Å². The van der Waals surface area contributed by atoms with Crippen LogP contribution in [0.2, 0.25) is 0 Å². The lowest BCUT2D eigenvalue weighted by atomic mass is 9.88. The minimum absolute atomic E-state index is 0.849. The molecule has 8 aliphatic rings. The average Bonchev–Trinajstić information content (AvgIpc) is 0.756. The van der Waals surface area contributed by atoms with Crippen LogP contribution in [0.1, 0.15) is 41.0 Å². The maximum Gasteiger partial charge on any atom is 0.364 e. The van der Waals surface area contributed by atoms with Gasteiger partial charge in [-0.25, -0.2) is 4.79 Å². The van der Waals surface area contributed by atoms with E-state index in [9.17, 15) is 162 Å². The molecule has 117 heavy (non-hydrogen) atoms. The van der Waals surface area contributed by atoms with Crippen molar-refractivity contribution in [3.05, 3.63) is 0 Å². The van der Waals surface area contributed by atoms with Crippen LogP contribution < -0.4 is 21.3 Å². The summed E-state index contributed by atoms with van der Waals surface area (Å²) in [4.78, 5) is 63.8. The molecule has 8 saturated heterocycles. The maximum atomic E-state index is 13.2. The first-order valence-electron chi connectivity index (χ1n) is 37.0. The molecule has 8 rings (SSSR count). The highest BCUT2D eigenvalue weighted by atomic mass is 16.8. The Kier molecular flexibility index (Phi) is 35.9. The Morgan fingerprint density at radius 2 is 0.846 bits per heavy atom. The van der Waals surface area contributed by atoms with E-state index in [1.807, 2.05) is 0 Å². The zero-order chi connectivity index (χ0) is 87.0. The van der Waals surface area contributed by atoms with Crippen LogP contribution in [-0.4, -0.2) is 502 Å². The standard InChI is InChI=1S/C65H110N4O48/c1-16-34(84)43(93)46(96)59(104-16)102-14-24(83)50(35(85)21(7-70)66-17(2)77)111-57-32(68-19(4)79)41(91)51(28(12-75)108-57)112-61-48(98)54(114-60-47(97)44(94)37(87)25(9-72)105-60)40(90)30(110-61)15-103-63-56(45(95)38(88)26(10-73)107-63)115-58-33(69-20(5)80)42(92)52(29(13-76)109-58)113-62-49(99)55(39(89)27(11-74)106-62)117-65(64(100)101)6-22(81)31(67-18(3)78)53(116-65)36(86)23(82)8-71/h16,21-63,70-76,81-99H,6-15H2,1-5H3,(H,66,77)(H,67,78)(H,68,79)(H,69,80)(H,100,101)/t16-,21-,22-,23+,24+,25+,26+,27+,28+,29+,30+,31+,32+,33+,34+,35+,36+,37+,38+,39-,40+,41+,42+,43+,44-,45-,46-,47-,48-,49+,50+,51+,52+,53+,54-,55-,56-,57-,58-,59+,60+,61-,62-,63-,65-/m0/s1. The first-order valence-corrected chi connectivity index (χ1v) is 37.0. The Balaban J connectivity index is 1.07. The molecule has 4 amide bonds. The van der Waals surface area contributed by atoms with Gasteiger partial charge in [-0.05, 0) is 6.92 Å². The molecule has 0 aliphatic carbocycles. The van der Waals surface area contributed by atoms with Gasteiger partial charge < -0.3 is 235 Å². The normalized spacial score (nSPS) is 45.0. The number of carboxylic acid groups (broad SMARTS) is 1. The Morgan fingerprint density at radius 3 is 1.36 bits per heavy atom. The fourth-order valence-corrected chi connectivity index (χ4v) is 14.6. The summed E-state index contributed by atoms with van der Waals surface area (Å²) in [5, 5.41) is 308. The van der Waals surface area contributed by atoms with Gasteiger partial charge >= 0.3 is 5.97 Å². The zero-order valence-electron chi connectivity index (χ0n) is 63.1. The van der Waals surface area contributed by atoms with Gasteiger partial charge in [0.1, 0.15) is 201 Å². The number of carbonyl (C=O) groups excluding carboxylic acids is 4. The van der Waals surface area contributed by atoms with Gasteiger partial charge in [-0.3, -0.25) is 19.2 Å². The van der Waals surface area contributed by atoms with E-state index < -0.39 is 371 Å². The molecule has 0 radical (unpaired) electrons. The van der Waals surface area contributed by atoms with Crippen LogP contribution >= 0.6 is 0 Å². The fraction of sp³-hybridized carbons (Fsp3) is 0.923. The topological polar surface area (TPSA) is 827 Å². The van der Waals surface area contributed by atoms with Crippen molar-refractivity contribution in [3.63, 3.8) is 0 Å². The van der Waals surface area contributed by atoms with Gasteiger partial charge in [-0.15, -0.1) is 0 Å². The molecule has 0 bridgehead atoms. The van der Waals surface area contributed by atoms with Crippen LogP contribution in [0, 0.1) is 0 Å². The number of aliphatic hydroxyl groups is 26. The highest BCUT2D eigenvalue weighted by Gasteiger charge is 2.63. The third kappa shape index (κ3) is 22.4. The molecule has 0 saturated carbocycles. The Morgan fingerprint density at radius 1 is 0.410 bits per heavy atom. The monoisotopic (exact) mass is 1710 g/mol. The van der Waals surface area contributed by atoms with Gasteiger partial charge in [0.2, 0.25) is 23.6 Å². The lowest BCUT2D eigenvalue weighted by Crippen LogP contribution is -2.71. The number of aliphatic carboxylic acids is 1. The van der Waals surface area contributed by atoms with Gasteiger partial charge in [0, 0.05) is 34.1 Å². The van der Waals surface area contributed by atoms with E-state index in [1.54, 1.807) is 0 Å². The Labute approximate surface area is 662 Å². The molecule has 8 fully saturated rings. The van der Waals surface area contributed by atoms with Crippen molar-refractivity contribution in [3.8, 4) is 0 Å². The largest absolute Gasteiger partial charge is 0.477 e. The molecule has 0 aromatic carbocycles. The lowest BCUT2D eigenvalue weighted by molar-refractivity contribution is -0.392. The zero-order valence-corrected chi connectivity index (χ0v) is 63.1. The van der Waals surface area contributed by atoms with E-state index in [4.69, 9.17) is 75.8 Å². The highest BCUT2D eigenvalue weighted by Crippen LogP contribution is 2.41. The first kappa shape index (κ1) is 98.1. The summed E-state index contributed by atoms with van der Waals surface area (Å²) in [6, 6.07) is -7.52. The number of ether oxygens (including phenoxy) is 16. The highest BCUT2D eigenvalue weighted by molar-refractivity contribution is 5.77. The SMILES string of the molecule is CC(=O)N[C@H]1[C@H](O[C@@H]([C@H](O)[C@H](CO)NC(C)=O)[C@H](O)CO[C@@H]2O[C@@H](C)[C@@H](O)[C@@H](O)[C@@H]2O)O[C@H](CO)[C@@H](O[C@@H]2O[C@H](CO[C@H]3O[C@H](CO)[C@@H](O)[C@H](O)[C@@H]3O[C@@H]3O[C@H](CO)[C@@H](O[C@@H]4O[C@H](CO)[C@H](O)[C@H](O[C@]5(C(=O)O)C[C@H](O)[C@@H](NC(C)=O)[C@H]([C@H](O)[C@H](O)CO)O5)[C@H]4O)[C@H](O)[C@H]3NC(C)=O)[C@@H](O)[C@H](O[C@H]3O[C@H](CO)[C@@H](O)[C@H](O)[C@@H]3O)[C@@H]2O)[C@@H]1O. The first-order chi connectivity index (χ1) is 55.1. The quantitative estimate of drug-likeness (QED) is 0.0280. The maximum absolute atomic E-state index is 13.2. The summed E-state index contributed by atoms with van der Waals surface area (Å²) in [5.74, 6) is -9.17. The van der Waals surface area contributed by atoms with Crippen LogP contribution in [0.25, 0.3) is 0 Å². The van der Waals surface area contributed by atoms with Crippen LogP contribution in [0.4, 0.5) is 0 Å². The van der Waals surface area contributed by atoms with Crippen molar-refractivity contribution in [2.24, 2.45) is 0 Å². The van der Waals surface area contributed by atoms with Gasteiger partial charge in [-0.2, -0.15) is 0 Å². The number of carboxylic acids is 1. The molecule has 0 aromatic heterocycles. The second-order valence-electron chi connectivity index (χ2n) is 29.4. The van der Waals surface area contributed by atoms with E-state index in [0.717, 1.165) is 27.7 Å². The molecule has 45 atom stereocenters. The lowest BCUT2D eigenvalue weighted by Gasteiger charge is -2.51. The third-order valence-electron chi connectivity index (χ3n) is 20.9. The van der Waals surface area contributed by atoms with Crippen molar-refractivity contribution in [1.82, 2.24) is 21.3 Å². The number of nitrogens with one attached hydrogen (secondary N) is 4. The smallest absolute Gasteiger partial charge is 0.364 e. The van der Waals surface area contributed by atoms with E-state index in [-0.39, 0.29) is 0 Å². The summed E-state index contributed by atoms with van der Waals surface area (Å²) in [6.07, 6.45) is -86.8. The third-order valence-corrected chi connectivity index (χ3v) is 20.9.